The summed E-state index contributed by atoms with van der Waals surface area (Å²) in [5.74, 6) is -0.599. The normalized spacial score (nSPS) is 11.7. The lowest BCUT2D eigenvalue weighted by atomic mass is 9.99. The van der Waals surface area contributed by atoms with Crippen molar-refractivity contribution in [1.82, 2.24) is 0 Å². The van der Waals surface area contributed by atoms with Crippen molar-refractivity contribution in [2.75, 3.05) is 0 Å². The van der Waals surface area contributed by atoms with Crippen LogP contribution in [0.1, 0.15) is 42.3 Å². The fourth-order valence-corrected chi connectivity index (χ4v) is 2.17. The summed E-state index contributed by atoms with van der Waals surface area (Å²) in [6.07, 6.45) is -4.42. The van der Waals surface area contributed by atoms with E-state index in [-0.39, 0.29) is 11.1 Å². The molecule has 0 unspecified atom stereocenters. The molecule has 2 aromatic carbocycles. The molecule has 0 heterocycles. The van der Waals surface area contributed by atoms with Crippen molar-refractivity contribution >= 4 is 5.97 Å². The fraction of sp³-hybridized carbons (Fsp3) is 0.263. The Balaban J connectivity index is 2.43. The highest BCUT2D eigenvalue weighted by Crippen LogP contribution is 2.31. The summed E-state index contributed by atoms with van der Waals surface area (Å²) in [5.41, 5.74) is -0.139. The van der Waals surface area contributed by atoms with Gasteiger partial charge in [0.1, 0.15) is 5.60 Å². The molecular weight excluding hydrogens is 331 g/mol. The van der Waals surface area contributed by atoms with Crippen LogP contribution >= 0.6 is 0 Å². The van der Waals surface area contributed by atoms with E-state index < -0.39 is 23.3 Å². The van der Waals surface area contributed by atoms with Gasteiger partial charge in [0, 0.05) is 0 Å². The number of nitrogens with zero attached hydrogens (tertiary/aromatic N) is 1. The van der Waals surface area contributed by atoms with Crippen LogP contribution in [-0.4, -0.2) is 11.6 Å². The van der Waals surface area contributed by atoms with Gasteiger partial charge in [-0.1, -0.05) is 12.1 Å². The summed E-state index contributed by atoms with van der Waals surface area (Å²) in [6, 6.07) is 10.9. The molecule has 25 heavy (non-hydrogen) atoms. The van der Waals surface area contributed by atoms with Crippen molar-refractivity contribution in [3.05, 3.63) is 59.2 Å². The Bertz CT molecular complexity index is 826. The van der Waals surface area contributed by atoms with E-state index in [9.17, 15) is 18.0 Å². The molecule has 0 N–H and O–H groups in total. The van der Waals surface area contributed by atoms with Crippen LogP contribution in [0, 0.1) is 11.3 Å². The van der Waals surface area contributed by atoms with Crippen LogP contribution in [0.2, 0.25) is 0 Å². The first kappa shape index (κ1) is 18.5. The summed E-state index contributed by atoms with van der Waals surface area (Å²) in [5, 5.41) is 9.15. The zero-order chi connectivity index (χ0) is 18.8. The molecule has 0 fully saturated rings. The topological polar surface area (TPSA) is 50.1 Å². The Hall–Kier alpha value is -2.81. The van der Waals surface area contributed by atoms with E-state index in [0.717, 1.165) is 12.1 Å². The molecule has 0 bridgehead atoms. The summed E-state index contributed by atoms with van der Waals surface area (Å²) < 4.78 is 43.3. The maximum atomic E-state index is 12.7. The zero-order valence-electron chi connectivity index (χ0n) is 13.9. The van der Waals surface area contributed by atoms with E-state index in [2.05, 4.69) is 0 Å². The van der Waals surface area contributed by atoms with Crippen LogP contribution in [0.5, 0.6) is 0 Å². The molecule has 2 rings (SSSR count). The number of ether oxygens (including phenoxy) is 1. The molecule has 130 valence electrons. The second-order valence-electron chi connectivity index (χ2n) is 6.49. The van der Waals surface area contributed by atoms with Gasteiger partial charge in [0.05, 0.1) is 22.8 Å². The van der Waals surface area contributed by atoms with Gasteiger partial charge in [0.2, 0.25) is 0 Å². The van der Waals surface area contributed by atoms with Crippen LogP contribution in [0.25, 0.3) is 11.1 Å². The van der Waals surface area contributed by atoms with Crippen molar-refractivity contribution in [2.24, 2.45) is 0 Å². The average molecular weight is 347 g/mol. The van der Waals surface area contributed by atoms with Crippen molar-refractivity contribution < 1.29 is 22.7 Å². The minimum Gasteiger partial charge on any atom is -0.456 e. The molecule has 0 aliphatic carbocycles. The second kappa shape index (κ2) is 6.60. The van der Waals surface area contributed by atoms with Gasteiger partial charge in [-0.05, 0) is 62.2 Å². The van der Waals surface area contributed by atoms with Gasteiger partial charge in [-0.15, -0.1) is 0 Å². The lowest BCUT2D eigenvalue weighted by Crippen LogP contribution is -2.24. The van der Waals surface area contributed by atoms with E-state index in [1.165, 1.54) is 30.3 Å². The number of alkyl halides is 3. The number of rotatable bonds is 2. The van der Waals surface area contributed by atoms with Gasteiger partial charge in [-0.3, -0.25) is 0 Å². The molecule has 0 saturated carbocycles. The molecule has 0 saturated heterocycles. The average Bonchev–Trinajstić information content (AvgIpc) is 2.52. The zero-order valence-corrected chi connectivity index (χ0v) is 13.9. The lowest BCUT2D eigenvalue weighted by Gasteiger charge is -2.19. The number of halogens is 3. The van der Waals surface area contributed by atoms with Crippen molar-refractivity contribution in [1.29, 1.82) is 5.26 Å². The maximum Gasteiger partial charge on any atom is 0.416 e. The number of nitriles is 1. The highest BCUT2D eigenvalue weighted by atomic mass is 19.4. The van der Waals surface area contributed by atoms with Gasteiger partial charge in [-0.25, -0.2) is 4.79 Å². The molecule has 6 heteroatoms. The van der Waals surface area contributed by atoms with Crippen molar-refractivity contribution in [2.45, 2.75) is 32.5 Å². The number of benzene rings is 2. The minimum atomic E-state index is -4.42. The van der Waals surface area contributed by atoms with Crippen molar-refractivity contribution in [3.63, 3.8) is 0 Å². The highest BCUT2D eigenvalue weighted by molar-refractivity contribution is 5.92. The number of esters is 1. The summed E-state index contributed by atoms with van der Waals surface area (Å²) in [4.78, 5) is 12.2. The molecule has 0 radical (unpaired) electrons. The Morgan fingerprint density at radius 1 is 1.00 bits per heavy atom. The third-order valence-corrected chi connectivity index (χ3v) is 3.24. The van der Waals surface area contributed by atoms with Crippen LogP contribution in [0.15, 0.2) is 42.5 Å². The molecule has 0 atom stereocenters. The number of carbonyl (C=O) groups excluding carboxylic acids is 1. The Kier molecular flexibility index (Phi) is 4.89. The molecule has 0 aliphatic heterocycles. The van der Waals surface area contributed by atoms with Gasteiger partial charge < -0.3 is 4.74 Å². The van der Waals surface area contributed by atoms with E-state index in [1.54, 1.807) is 20.8 Å². The minimum absolute atomic E-state index is 0.170. The molecule has 0 aromatic heterocycles. The lowest BCUT2D eigenvalue weighted by molar-refractivity contribution is -0.137. The summed E-state index contributed by atoms with van der Waals surface area (Å²) in [6.45, 7) is 5.15. The Labute approximate surface area is 143 Å². The highest BCUT2D eigenvalue weighted by Gasteiger charge is 2.30. The van der Waals surface area contributed by atoms with E-state index in [1.807, 2.05) is 6.07 Å². The number of carbonyl (C=O) groups is 1. The summed E-state index contributed by atoms with van der Waals surface area (Å²) in [7, 11) is 0. The van der Waals surface area contributed by atoms with Gasteiger partial charge in [-0.2, -0.15) is 18.4 Å². The molecular formula is C19H16F3NO2. The van der Waals surface area contributed by atoms with Gasteiger partial charge in [0.15, 0.2) is 0 Å². The molecule has 2 aromatic rings. The first-order valence-corrected chi connectivity index (χ1v) is 7.46. The SMILES string of the molecule is CC(C)(C)OC(=O)c1cc(C#N)cc(-c2ccc(C(F)(F)F)cc2)c1. The Morgan fingerprint density at radius 3 is 2.08 bits per heavy atom. The van der Waals surface area contributed by atoms with Crippen LogP contribution in [-0.2, 0) is 10.9 Å². The predicted octanol–water partition coefficient (Wildman–Crippen LogP) is 5.20. The number of hydrogen-bond acceptors (Lipinski definition) is 3. The second-order valence-corrected chi connectivity index (χ2v) is 6.49. The molecule has 0 aliphatic rings. The third-order valence-electron chi connectivity index (χ3n) is 3.24. The quantitative estimate of drug-likeness (QED) is 0.702. The molecule has 3 nitrogen and oxygen atoms in total. The van der Waals surface area contributed by atoms with Gasteiger partial charge >= 0.3 is 12.1 Å². The van der Waals surface area contributed by atoms with Crippen LogP contribution < -0.4 is 0 Å². The number of hydrogen-bond donors (Lipinski definition) is 0. The van der Waals surface area contributed by atoms with Crippen LogP contribution in [0.3, 0.4) is 0 Å². The van der Waals surface area contributed by atoms with E-state index >= 15 is 0 Å². The fourth-order valence-electron chi connectivity index (χ4n) is 2.17. The largest absolute Gasteiger partial charge is 0.456 e. The Morgan fingerprint density at radius 2 is 1.60 bits per heavy atom. The standard InChI is InChI=1S/C19H16F3NO2/c1-18(2,3)25-17(24)15-9-12(11-23)8-14(10-15)13-4-6-16(7-5-13)19(20,21)22/h4-10H,1-3H3. The first-order valence-electron chi connectivity index (χ1n) is 7.46. The smallest absolute Gasteiger partial charge is 0.416 e. The first-order chi connectivity index (χ1) is 11.5. The van der Waals surface area contributed by atoms with E-state index in [0.29, 0.717) is 11.1 Å². The van der Waals surface area contributed by atoms with Crippen molar-refractivity contribution in [3.8, 4) is 17.2 Å². The van der Waals surface area contributed by atoms with Gasteiger partial charge in [0.25, 0.3) is 0 Å². The predicted molar refractivity (Wildman–Crippen MR) is 86.8 cm³/mol. The summed E-state index contributed by atoms with van der Waals surface area (Å²) >= 11 is 0. The maximum absolute atomic E-state index is 12.7. The van der Waals surface area contributed by atoms with E-state index in [4.69, 9.17) is 10.00 Å². The monoisotopic (exact) mass is 347 g/mol. The molecule has 0 amide bonds. The molecule has 0 spiro atoms. The van der Waals surface area contributed by atoms with Crippen LogP contribution in [0.4, 0.5) is 13.2 Å². The third kappa shape index (κ3) is 4.83.